The molecular formula is C12H10N4O. The van der Waals surface area contributed by atoms with Crippen molar-refractivity contribution in [3.05, 3.63) is 35.4 Å². The first-order valence-electron chi connectivity index (χ1n) is 5.21. The van der Waals surface area contributed by atoms with Crippen LogP contribution in [0.4, 0.5) is 5.82 Å². The van der Waals surface area contributed by atoms with E-state index in [1.165, 1.54) is 0 Å². The molecule has 2 N–H and O–H groups in total. The number of hydrogen-bond donors (Lipinski definition) is 2. The summed E-state index contributed by atoms with van der Waals surface area (Å²) in [6.45, 7) is 1.79. The van der Waals surface area contributed by atoms with Crippen LogP contribution in [0, 0.1) is 6.92 Å². The Morgan fingerprint density at radius 3 is 3.06 bits per heavy atom. The van der Waals surface area contributed by atoms with Crippen molar-refractivity contribution in [1.82, 2.24) is 15.0 Å². The van der Waals surface area contributed by atoms with E-state index < -0.39 is 0 Å². The van der Waals surface area contributed by atoms with E-state index >= 15 is 0 Å². The SMILES string of the molecule is Cc1nc(O)c(/C=C2/C=Nc3ncccc32)[nH]1. The first-order valence-corrected chi connectivity index (χ1v) is 5.21. The van der Waals surface area contributed by atoms with Crippen molar-refractivity contribution in [2.75, 3.05) is 0 Å². The van der Waals surface area contributed by atoms with Crippen molar-refractivity contribution in [2.45, 2.75) is 6.92 Å². The largest absolute Gasteiger partial charge is 0.492 e. The van der Waals surface area contributed by atoms with E-state index in [0.29, 0.717) is 17.3 Å². The minimum atomic E-state index is 0.000685. The molecule has 0 aliphatic carbocycles. The molecule has 84 valence electrons. The highest BCUT2D eigenvalue weighted by molar-refractivity contribution is 6.20. The molecule has 2 aromatic heterocycles. The van der Waals surface area contributed by atoms with Crippen LogP contribution in [0.1, 0.15) is 17.1 Å². The fourth-order valence-corrected chi connectivity index (χ4v) is 1.79. The first-order chi connectivity index (χ1) is 8.24. The predicted molar refractivity (Wildman–Crippen MR) is 65.2 cm³/mol. The van der Waals surface area contributed by atoms with E-state index in [4.69, 9.17) is 0 Å². The number of allylic oxidation sites excluding steroid dienone is 1. The van der Waals surface area contributed by atoms with Gasteiger partial charge in [0.1, 0.15) is 11.5 Å². The van der Waals surface area contributed by atoms with E-state index in [-0.39, 0.29) is 5.88 Å². The zero-order chi connectivity index (χ0) is 11.8. The first kappa shape index (κ1) is 9.77. The van der Waals surface area contributed by atoms with Crippen molar-refractivity contribution >= 4 is 23.7 Å². The highest BCUT2D eigenvalue weighted by Crippen LogP contribution is 2.31. The Morgan fingerprint density at radius 1 is 1.41 bits per heavy atom. The zero-order valence-corrected chi connectivity index (χ0v) is 9.18. The molecule has 5 nitrogen and oxygen atoms in total. The third kappa shape index (κ3) is 1.61. The molecule has 1 aliphatic heterocycles. The monoisotopic (exact) mass is 226 g/mol. The lowest BCUT2D eigenvalue weighted by molar-refractivity contribution is 0.454. The second kappa shape index (κ2) is 3.55. The van der Waals surface area contributed by atoms with Crippen molar-refractivity contribution < 1.29 is 5.11 Å². The quantitative estimate of drug-likeness (QED) is 0.781. The Hall–Kier alpha value is -2.43. The van der Waals surface area contributed by atoms with Gasteiger partial charge in [-0.25, -0.2) is 9.98 Å². The van der Waals surface area contributed by atoms with Crippen LogP contribution in [0.3, 0.4) is 0 Å². The number of aromatic amines is 1. The molecule has 5 heteroatoms. The number of imidazole rings is 1. The van der Waals surface area contributed by atoms with Gasteiger partial charge in [-0.3, -0.25) is 0 Å². The molecule has 1 aliphatic rings. The van der Waals surface area contributed by atoms with Crippen molar-refractivity contribution in [3.63, 3.8) is 0 Å². The molecule has 0 radical (unpaired) electrons. The number of aromatic nitrogens is 3. The van der Waals surface area contributed by atoms with Gasteiger partial charge >= 0.3 is 0 Å². The summed E-state index contributed by atoms with van der Waals surface area (Å²) in [5, 5.41) is 9.59. The maximum absolute atomic E-state index is 9.59. The summed E-state index contributed by atoms with van der Waals surface area (Å²) in [6, 6.07) is 3.81. The van der Waals surface area contributed by atoms with Gasteiger partial charge in [-0.15, -0.1) is 0 Å². The number of aliphatic imine (C=N–C) groups is 1. The van der Waals surface area contributed by atoms with Crippen LogP contribution >= 0.6 is 0 Å². The van der Waals surface area contributed by atoms with E-state index in [9.17, 15) is 5.11 Å². The molecular weight excluding hydrogens is 216 g/mol. The summed E-state index contributed by atoms with van der Waals surface area (Å²) in [7, 11) is 0. The number of rotatable bonds is 1. The average Bonchev–Trinajstić information content (AvgIpc) is 2.85. The number of H-pyrrole nitrogens is 1. The van der Waals surface area contributed by atoms with Gasteiger partial charge in [0, 0.05) is 23.5 Å². The predicted octanol–water partition coefficient (Wildman–Crippen LogP) is 2.08. The third-order valence-corrected chi connectivity index (χ3v) is 2.55. The summed E-state index contributed by atoms with van der Waals surface area (Å²) in [5.74, 6) is 1.38. The Morgan fingerprint density at radius 2 is 2.29 bits per heavy atom. The summed E-state index contributed by atoms with van der Waals surface area (Å²) in [5.41, 5.74) is 2.45. The van der Waals surface area contributed by atoms with Crippen molar-refractivity contribution in [1.29, 1.82) is 0 Å². The number of nitrogens with zero attached hydrogens (tertiary/aromatic N) is 3. The van der Waals surface area contributed by atoms with Crippen LogP contribution < -0.4 is 0 Å². The van der Waals surface area contributed by atoms with Gasteiger partial charge in [-0.05, 0) is 25.1 Å². The number of aryl methyl sites for hydroxylation is 1. The fourth-order valence-electron chi connectivity index (χ4n) is 1.79. The van der Waals surface area contributed by atoms with Gasteiger partial charge in [0.2, 0.25) is 5.88 Å². The van der Waals surface area contributed by atoms with Gasteiger partial charge in [0.05, 0.1) is 0 Å². The second-order valence-corrected chi connectivity index (χ2v) is 3.79. The van der Waals surface area contributed by atoms with E-state index in [0.717, 1.165) is 11.1 Å². The molecule has 0 bridgehead atoms. The average molecular weight is 226 g/mol. The summed E-state index contributed by atoms with van der Waals surface area (Å²) in [6.07, 6.45) is 5.25. The Balaban J connectivity index is 2.08. The van der Waals surface area contributed by atoms with Crippen LogP contribution in [0.2, 0.25) is 0 Å². The van der Waals surface area contributed by atoms with Gasteiger partial charge in [0.25, 0.3) is 0 Å². The summed E-state index contributed by atoms with van der Waals surface area (Å²) < 4.78 is 0. The van der Waals surface area contributed by atoms with E-state index in [1.54, 1.807) is 19.3 Å². The summed E-state index contributed by atoms with van der Waals surface area (Å²) >= 11 is 0. The minimum absolute atomic E-state index is 0.000685. The van der Waals surface area contributed by atoms with Crippen LogP contribution in [0.25, 0.3) is 11.6 Å². The molecule has 17 heavy (non-hydrogen) atoms. The van der Waals surface area contributed by atoms with Crippen LogP contribution in [-0.4, -0.2) is 26.3 Å². The Labute approximate surface area is 97.6 Å². The molecule has 2 aromatic rings. The highest BCUT2D eigenvalue weighted by atomic mass is 16.3. The minimum Gasteiger partial charge on any atom is -0.492 e. The zero-order valence-electron chi connectivity index (χ0n) is 9.18. The number of aromatic hydroxyl groups is 1. The highest BCUT2D eigenvalue weighted by Gasteiger charge is 2.14. The van der Waals surface area contributed by atoms with Crippen LogP contribution in [0.5, 0.6) is 5.88 Å². The van der Waals surface area contributed by atoms with Gasteiger partial charge in [-0.1, -0.05) is 0 Å². The van der Waals surface area contributed by atoms with E-state index in [1.807, 2.05) is 18.2 Å². The van der Waals surface area contributed by atoms with Crippen molar-refractivity contribution in [3.8, 4) is 5.88 Å². The molecule has 0 spiro atoms. The molecule has 0 saturated carbocycles. The number of fused-ring (bicyclic) bond motifs is 1. The van der Waals surface area contributed by atoms with Gasteiger partial charge in [-0.2, -0.15) is 4.98 Å². The summed E-state index contributed by atoms with van der Waals surface area (Å²) in [4.78, 5) is 15.2. The normalized spacial score (nSPS) is 15.5. The smallest absolute Gasteiger partial charge is 0.236 e. The molecule has 0 saturated heterocycles. The molecule has 3 rings (SSSR count). The lowest BCUT2D eigenvalue weighted by Gasteiger charge is -1.97. The number of nitrogens with one attached hydrogen (secondary N) is 1. The lowest BCUT2D eigenvalue weighted by atomic mass is 10.1. The Bertz CT molecular complexity index is 640. The lowest BCUT2D eigenvalue weighted by Crippen LogP contribution is -1.82. The Kier molecular flexibility index (Phi) is 2.04. The molecule has 0 amide bonds. The van der Waals surface area contributed by atoms with Crippen LogP contribution in [0.15, 0.2) is 23.3 Å². The van der Waals surface area contributed by atoms with Gasteiger partial charge < -0.3 is 10.1 Å². The molecule has 0 unspecified atom stereocenters. The third-order valence-electron chi connectivity index (χ3n) is 2.55. The van der Waals surface area contributed by atoms with Gasteiger partial charge in [0.15, 0.2) is 5.82 Å². The fraction of sp³-hybridized carbons (Fsp3) is 0.0833. The number of pyridine rings is 1. The second-order valence-electron chi connectivity index (χ2n) is 3.79. The van der Waals surface area contributed by atoms with E-state index in [2.05, 4.69) is 19.9 Å². The van der Waals surface area contributed by atoms with Crippen molar-refractivity contribution in [2.24, 2.45) is 4.99 Å². The maximum Gasteiger partial charge on any atom is 0.236 e. The maximum atomic E-state index is 9.59. The standard InChI is InChI=1S/C12H10N4O/c1-7-15-10(12(17)16-7)5-8-6-14-11-9(8)3-2-4-13-11/h2-6,17H,1H3,(H,15,16)/b8-5-. The molecule has 0 fully saturated rings. The topological polar surface area (TPSA) is 74.2 Å². The molecule has 3 heterocycles. The number of hydrogen-bond acceptors (Lipinski definition) is 4. The van der Waals surface area contributed by atoms with Crippen LogP contribution in [-0.2, 0) is 0 Å². The molecule has 0 aromatic carbocycles. The molecule has 0 atom stereocenters.